The molecule has 0 aliphatic rings. The molecule has 0 radical (unpaired) electrons. The topological polar surface area (TPSA) is 54.6 Å². The van der Waals surface area contributed by atoms with E-state index in [0.29, 0.717) is 22.1 Å². The first kappa shape index (κ1) is 14.4. The molecule has 0 fully saturated rings. The van der Waals surface area contributed by atoms with E-state index in [1.165, 1.54) is 0 Å². The molecule has 3 aromatic rings. The summed E-state index contributed by atoms with van der Waals surface area (Å²) in [6.07, 6.45) is 0. The van der Waals surface area contributed by atoms with Crippen LogP contribution in [-0.2, 0) is 0 Å². The second kappa shape index (κ2) is 6.03. The minimum Gasteiger partial charge on any atom is -0.455 e. The van der Waals surface area contributed by atoms with Gasteiger partial charge in [-0.2, -0.15) is 5.10 Å². The fourth-order valence-electron chi connectivity index (χ4n) is 2.06. The third-order valence-electron chi connectivity index (χ3n) is 3.23. The van der Waals surface area contributed by atoms with Gasteiger partial charge in [0.05, 0.1) is 10.6 Å². The largest absolute Gasteiger partial charge is 0.455 e. The molecule has 22 heavy (non-hydrogen) atoms. The molecule has 0 saturated carbocycles. The predicted molar refractivity (Wildman–Crippen MR) is 87.3 cm³/mol. The highest BCUT2D eigenvalue weighted by atomic mass is 35.5. The van der Waals surface area contributed by atoms with E-state index in [9.17, 15) is 4.79 Å². The van der Waals surface area contributed by atoms with Gasteiger partial charge in [-0.3, -0.25) is 4.79 Å². The average Bonchev–Trinajstić information content (AvgIpc) is 2.97. The summed E-state index contributed by atoms with van der Waals surface area (Å²) in [5.41, 5.74) is 4.23. The Labute approximate surface area is 132 Å². The maximum absolute atomic E-state index is 12.0. The first-order valence-electron chi connectivity index (χ1n) is 6.73. The Bertz CT molecular complexity index is 835. The molecule has 0 spiro atoms. The van der Waals surface area contributed by atoms with Crippen molar-refractivity contribution in [1.29, 1.82) is 0 Å². The van der Waals surface area contributed by atoms with Gasteiger partial charge in [0.25, 0.3) is 5.91 Å². The van der Waals surface area contributed by atoms with Gasteiger partial charge in [0, 0.05) is 5.39 Å². The zero-order valence-electron chi connectivity index (χ0n) is 11.8. The summed E-state index contributed by atoms with van der Waals surface area (Å²) < 4.78 is 5.68. The normalized spacial score (nSPS) is 11.6. The van der Waals surface area contributed by atoms with Crippen LogP contribution in [-0.4, -0.2) is 11.6 Å². The van der Waals surface area contributed by atoms with Gasteiger partial charge in [0.2, 0.25) is 0 Å². The summed E-state index contributed by atoms with van der Waals surface area (Å²) >= 11 is 5.98. The van der Waals surface area contributed by atoms with E-state index in [2.05, 4.69) is 10.5 Å². The quantitative estimate of drug-likeness (QED) is 0.581. The Morgan fingerprint density at radius 3 is 2.64 bits per heavy atom. The lowest BCUT2D eigenvalue weighted by Crippen LogP contribution is -2.19. The molecule has 2 aromatic carbocycles. The summed E-state index contributed by atoms with van der Waals surface area (Å²) in [4.78, 5) is 12.0. The SMILES string of the molecule is C/C(=N\NC(=O)c1ccccc1Cl)c1cc2ccccc2o1. The molecule has 1 amide bonds. The molecule has 110 valence electrons. The van der Waals surface area contributed by atoms with Crippen molar-refractivity contribution in [1.82, 2.24) is 5.43 Å². The lowest BCUT2D eigenvalue weighted by molar-refractivity contribution is 0.0955. The van der Waals surface area contributed by atoms with E-state index in [0.717, 1.165) is 11.0 Å². The van der Waals surface area contributed by atoms with Crippen LogP contribution in [0, 0.1) is 0 Å². The lowest BCUT2D eigenvalue weighted by atomic mass is 10.2. The number of nitrogens with zero attached hydrogens (tertiary/aromatic N) is 1. The highest BCUT2D eigenvalue weighted by Gasteiger charge is 2.10. The summed E-state index contributed by atoms with van der Waals surface area (Å²) in [5.74, 6) is 0.252. The average molecular weight is 313 g/mol. The standard InChI is InChI=1S/C17H13ClN2O2/c1-11(16-10-12-6-2-5-9-15(12)22-16)19-20-17(21)13-7-3-4-8-14(13)18/h2-10H,1H3,(H,20,21)/b19-11+. The number of nitrogens with one attached hydrogen (secondary N) is 1. The number of carbonyl (C=O) groups excluding carboxylic acids is 1. The molecule has 3 rings (SSSR count). The van der Waals surface area contributed by atoms with Crippen LogP contribution in [0.25, 0.3) is 11.0 Å². The molecular formula is C17H13ClN2O2. The maximum Gasteiger partial charge on any atom is 0.272 e. The van der Waals surface area contributed by atoms with E-state index in [1.54, 1.807) is 31.2 Å². The van der Waals surface area contributed by atoms with Crippen molar-refractivity contribution >= 4 is 34.2 Å². The molecule has 4 nitrogen and oxygen atoms in total. The summed E-state index contributed by atoms with van der Waals surface area (Å²) in [5, 5.41) is 5.45. The van der Waals surface area contributed by atoms with Crippen molar-refractivity contribution in [2.75, 3.05) is 0 Å². The van der Waals surface area contributed by atoms with Crippen LogP contribution in [0.4, 0.5) is 0 Å². The van der Waals surface area contributed by atoms with Crippen molar-refractivity contribution in [3.8, 4) is 0 Å². The number of hydrogen-bond donors (Lipinski definition) is 1. The molecule has 1 N–H and O–H groups in total. The van der Waals surface area contributed by atoms with E-state index >= 15 is 0 Å². The van der Waals surface area contributed by atoms with Gasteiger partial charge in [-0.15, -0.1) is 0 Å². The van der Waals surface area contributed by atoms with Crippen LogP contribution >= 0.6 is 11.6 Å². The molecule has 0 aliphatic heterocycles. The third kappa shape index (κ3) is 2.87. The number of hydrazone groups is 1. The number of amides is 1. The van der Waals surface area contributed by atoms with Crippen molar-refractivity contribution in [2.24, 2.45) is 5.10 Å². The first-order chi connectivity index (χ1) is 10.6. The van der Waals surface area contributed by atoms with Crippen LogP contribution in [0.2, 0.25) is 5.02 Å². The summed E-state index contributed by atoms with van der Waals surface area (Å²) in [6.45, 7) is 1.77. The molecule has 0 bridgehead atoms. The third-order valence-corrected chi connectivity index (χ3v) is 3.56. The maximum atomic E-state index is 12.0. The van der Waals surface area contributed by atoms with Crippen LogP contribution in [0.3, 0.4) is 0 Å². The van der Waals surface area contributed by atoms with E-state index in [1.807, 2.05) is 30.3 Å². The smallest absolute Gasteiger partial charge is 0.272 e. The van der Waals surface area contributed by atoms with E-state index in [4.69, 9.17) is 16.0 Å². The number of hydrogen-bond acceptors (Lipinski definition) is 3. The minimum absolute atomic E-state index is 0.360. The van der Waals surface area contributed by atoms with Crippen LogP contribution in [0.5, 0.6) is 0 Å². The number of para-hydroxylation sites is 1. The second-order valence-electron chi connectivity index (χ2n) is 4.77. The monoisotopic (exact) mass is 312 g/mol. The Balaban J connectivity index is 1.80. The van der Waals surface area contributed by atoms with Crippen molar-refractivity contribution in [3.63, 3.8) is 0 Å². The zero-order chi connectivity index (χ0) is 15.5. The first-order valence-corrected chi connectivity index (χ1v) is 7.11. The van der Waals surface area contributed by atoms with Gasteiger partial charge < -0.3 is 4.42 Å². The zero-order valence-corrected chi connectivity index (χ0v) is 12.6. The van der Waals surface area contributed by atoms with Gasteiger partial charge in [0.1, 0.15) is 11.3 Å². The molecular weight excluding hydrogens is 300 g/mol. The number of carbonyl (C=O) groups is 1. The van der Waals surface area contributed by atoms with Crippen molar-refractivity contribution in [2.45, 2.75) is 6.92 Å². The molecule has 0 aliphatic carbocycles. The lowest BCUT2D eigenvalue weighted by Gasteiger charge is -2.02. The van der Waals surface area contributed by atoms with E-state index in [-0.39, 0.29) is 5.91 Å². The molecule has 1 heterocycles. The van der Waals surface area contributed by atoms with Gasteiger partial charge in [-0.05, 0) is 31.2 Å². The number of fused-ring (bicyclic) bond motifs is 1. The Morgan fingerprint density at radius 1 is 1.14 bits per heavy atom. The summed E-state index contributed by atoms with van der Waals surface area (Å²) in [7, 11) is 0. The Morgan fingerprint density at radius 2 is 1.86 bits per heavy atom. The fraction of sp³-hybridized carbons (Fsp3) is 0.0588. The molecule has 0 atom stereocenters. The van der Waals surface area contributed by atoms with Crippen molar-refractivity contribution < 1.29 is 9.21 Å². The highest BCUT2D eigenvalue weighted by Crippen LogP contribution is 2.19. The van der Waals surface area contributed by atoms with Gasteiger partial charge in [-0.25, -0.2) is 5.43 Å². The van der Waals surface area contributed by atoms with Crippen LogP contribution < -0.4 is 5.43 Å². The molecule has 0 saturated heterocycles. The Kier molecular flexibility index (Phi) is 3.94. The fourth-order valence-corrected chi connectivity index (χ4v) is 2.28. The number of furan rings is 1. The molecule has 0 unspecified atom stereocenters. The summed E-state index contributed by atoms with van der Waals surface area (Å²) in [6, 6.07) is 16.4. The predicted octanol–water partition coefficient (Wildman–Crippen LogP) is 4.24. The van der Waals surface area contributed by atoms with E-state index < -0.39 is 0 Å². The minimum atomic E-state index is -0.360. The second-order valence-corrected chi connectivity index (χ2v) is 5.17. The number of rotatable bonds is 3. The Hall–Kier alpha value is -2.59. The van der Waals surface area contributed by atoms with Gasteiger partial charge >= 0.3 is 0 Å². The number of halogens is 1. The van der Waals surface area contributed by atoms with Crippen LogP contribution in [0.15, 0.2) is 64.1 Å². The molecule has 5 heteroatoms. The van der Waals surface area contributed by atoms with Crippen molar-refractivity contribution in [3.05, 3.63) is 70.9 Å². The van der Waals surface area contributed by atoms with Gasteiger partial charge in [0.15, 0.2) is 5.76 Å². The highest BCUT2D eigenvalue weighted by molar-refractivity contribution is 6.33. The van der Waals surface area contributed by atoms with Crippen LogP contribution in [0.1, 0.15) is 23.0 Å². The van der Waals surface area contributed by atoms with Gasteiger partial charge in [-0.1, -0.05) is 41.9 Å². The molecule has 1 aromatic heterocycles. The number of benzene rings is 2.